The first-order valence-corrected chi connectivity index (χ1v) is 20.8. The summed E-state index contributed by atoms with van der Waals surface area (Å²) in [5.74, 6) is 2.43. The number of rotatable bonds is 5. The van der Waals surface area contributed by atoms with Crippen LogP contribution in [0.4, 0.5) is 22.7 Å². The molecule has 0 bridgehead atoms. The highest BCUT2D eigenvalue weighted by molar-refractivity contribution is 6.32. The van der Waals surface area contributed by atoms with Crippen LogP contribution in [0.2, 0.25) is 0 Å². The molecule has 0 amide bonds. The lowest BCUT2D eigenvalue weighted by atomic mass is 9.92. The molecule has 61 heavy (non-hydrogen) atoms. The Morgan fingerprint density at radius 3 is 1.79 bits per heavy atom. The maximum atomic E-state index is 6.80. The Bertz CT molecular complexity index is 3740. The zero-order chi connectivity index (χ0) is 40.0. The molecule has 5 nitrogen and oxygen atoms in total. The first-order valence-electron chi connectivity index (χ1n) is 20.8. The summed E-state index contributed by atoms with van der Waals surface area (Å²) >= 11 is 0. The number of anilines is 4. The van der Waals surface area contributed by atoms with Gasteiger partial charge in [0.2, 0.25) is 0 Å². The van der Waals surface area contributed by atoms with Crippen molar-refractivity contribution in [2.24, 2.45) is 0 Å². The van der Waals surface area contributed by atoms with Gasteiger partial charge in [-0.15, -0.1) is 0 Å². The number of benzene rings is 10. The van der Waals surface area contributed by atoms with Crippen molar-refractivity contribution in [2.45, 2.75) is 0 Å². The molecule has 5 heteroatoms. The molecule has 1 aliphatic heterocycles. The first kappa shape index (κ1) is 33.8. The van der Waals surface area contributed by atoms with Crippen molar-refractivity contribution in [3.05, 3.63) is 206 Å². The molecule has 2 aromatic heterocycles. The van der Waals surface area contributed by atoms with Crippen LogP contribution in [0, 0.1) is 0 Å². The van der Waals surface area contributed by atoms with Gasteiger partial charge in [0, 0.05) is 50.4 Å². The van der Waals surface area contributed by atoms with Crippen LogP contribution in [-0.4, -0.2) is 16.2 Å². The third kappa shape index (κ3) is 5.17. The average Bonchev–Trinajstić information content (AvgIpc) is 3.87. The molecule has 0 spiro atoms. The van der Waals surface area contributed by atoms with Crippen LogP contribution in [0.15, 0.2) is 206 Å². The Morgan fingerprint density at radius 2 is 0.967 bits per heavy atom. The molecule has 3 heterocycles. The fraction of sp³-hybridized carbons (Fsp3) is 0.0179. The van der Waals surface area contributed by atoms with Gasteiger partial charge in [-0.2, -0.15) is 0 Å². The van der Waals surface area contributed by atoms with Gasteiger partial charge in [0.1, 0.15) is 24.0 Å². The average molecular weight is 781 g/mol. The number of pyridine rings is 1. The van der Waals surface area contributed by atoms with Gasteiger partial charge in [0.25, 0.3) is 0 Å². The number of hydrogen-bond acceptors (Lipinski definition) is 4. The molecule has 10 aromatic carbocycles. The van der Waals surface area contributed by atoms with Crippen molar-refractivity contribution < 1.29 is 4.74 Å². The summed E-state index contributed by atoms with van der Waals surface area (Å²) in [6.07, 6.45) is 0. The third-order valence-electron chi connectivity index (χ3n) is 12.6. The van der Waals surface area contributed by atoms with Gasteiger partial charge in [0.15, 0.2) is 0 Å². The standard InChI is InChI=1S/C56H36N4O/c1-2-15-39(16-3-1)58-35-59(51-24-11-10-23-50(51)58)40-17-12-18-41(33-40)61-42-29-31-46-45-21-8-9-22-49(45)60(52(46)34-42)56-47-30-27-37-14-5-7-20-44(37)54(47)55-48(57-56)32-28-38-26-25-36-13-4-6-19-43(36)53(38)55/h1-34H,35H2. The van der Waals surface area contributed by atoms with E-state index in [1.165, 1.54) is 59.9 Å². The molecular formula is C56H36N4O. The lowest BCUT2D eigenvalue weighted by Crippen LogP contribution is -2.23. The minimum Gasteiger partial charge on any atom is -0.457 e. The summed E-state index contributed by atoms with van der Waals surface area (Å²) in [5, 5.41) is 13.1. The van der Waals surface area contributed by atoms with E-state index in [0.29, 0.717) is 6.67 Å². The molecule has 0 unspecified atom stereocenters. The summed E-state index contributed by atoms with van der Waals surface area (Å²) in [7, 11) is 0. The summed E-state index contributed by atoms with van der Waals surface area (Å²) in [6.45, 7) is 0.701. The van der Waals surface area contributed by atoms with Crippen LogP contribution in [0.3, 0.4) is 0 Å². The molecule has 0 saturated carbocycles. The smallest absolute Gasteiger partial charge is 0.146 e. The van der Waals surface area contributed by atoms with Gasteiger partial charge >= 0.3 is 0 Å². The number of nitrogens with zero attached hydrogens (tertiary/aromatic N) is 4. The molecule has 12 aromatic rings. The first-order chi connectivity index (χ1) is 30.2. The monoisotopic (exact) mass is 780 g/mol. The number of ether oxygens (including phenoxy) is 1. The molecule has 1 aliphatic rings. The minimum atomic E-state index is 0.701. The largest absolute Gasteiger partial charge is 0.457 e. The highest BCUT2D eigenvalue weighted by Gasteiger charge is 2.28. The maximum Gasteiger partial charge on any atom is 0.146 e. The van der Waals surface area contributed by atoms with E-state index in [2.05, 4.69) is 215 Å². The van der Waals surface area contributed by atoms with Crippen LogP contribution in [-0.2, 0) is 0 Å². The van der Waals surface area contributed by atoms with Crippen LogP contribution in [0.5, 0.6) is 11.5 Å². The second kappa shape index (κ2) is 13.2. The fourth-order valence-corrected chi connectivity index (χ4v) is 9.86. The molecular weight excluding hydrogens is 745 g/mol. The molecule has 13 rings (SSSR count). The van der Waals surface area contributed by atoms with Crippen LogP contribution < -0.4 is 14.5 Å². The minimum absolute atomic E-state index is 0.701. The maximum absolute atomic E-state index is 6.80. The molecule has 0 N–H and O–H groups in total. The predicted molar refractivity (Wildman–Crippen MR) is 255 cm³/mol. The second-order valence-corrected chi connectivity index (χ2v) is 15.9. The van der Waals surface area contributed by atoms with Crippen LogP contribution >= 0.6 is 0 Å². The number of para-hydroxylation sites is 4. The van der Waals surface area contributed by atoms with E-state index in [-0.39, 0.29) is 0 Å². The molecule has 0 aliphatic carbocycles. The zero-order valence-corrected chi connectivity index (χ0v) is 33.0. The molecule has 0 fully saturated rings. The van der Waals surface area contributed by atoms with Gasteiger partial charge in [-0.1, -0.05) is 127 Å². The van der Waals surface area contributed by atoms with Gasteiger partial charge in [0.05, 0.1) is 27.9 Å². The summed E-state index contributed by atoms with van der Waals surface area (Å²) in [4.78, 5) is 10.3. The summed E-state index contributed by atoms with van der Waals surface area (Å²) < 4.78 is 9.15. The SMILES string of the molecule is c1ccc(N2CN(c3cccc(Oc4ccc5c6ccccc6n(-c6nc7ccc8ccc9ccccc9c8c7c7c6ccc6ccccc67)c5c4)c3)c3ccccc32)cc1. The van der Waals surface area contributed by atoms with E-state index in [1.807, 2.05) is 6.07 Å². The molecule has 286 valence electrons. The highest BCUT2D eigenvalue weighted by atomic mass is 16.5. The molecule has 0 atom stereocenters. The number of aromatic nitrogens is 2. The van der Waals surface area contributed by atoms with Gasteiger partial charge in [-0.05, 0) is 99.0 Å². The van der Waals surface area contributed by atoms with E-state index in [4.69, 9.17) is 9.72 Å². The van der Waals surface area contributed by atoms with Gasteiger partial charge in [-0.3, -0.25) is 4.57 Å². The third-order valence-corrected chi connectivity index (χ3v) is 12.6. The van der Waals surface area contributed by atoms with Crippen LogP contribution in [0.25, 0.3) is 81.6 Å². The second-order valence-electron chi connectivity index (χ2n) is 15.9. The van der Waals surface area contributed by atoms with Crippen molar-refractivity contribution in [3.8, 4) is 17.3 Å². The zero-order valence-electron chi connectivity index (χ0n) is 33.0. The van der Waals surface area contributed by atoms with E-state index in [9.17, 15) is 0 Å². The van der Waals surface area contributed by atoms with Gasteiger partial charge < -0.3 is 14.5 Å². The summed E-state index contributed by atoms with van der Waals surface area (Å²) in [6, 6.07) is 73.6. The quantitative estimate of drug-likeness (QED) is 0.163. The Hall–Kier alpha value is -8.15. The van der Waals surface area contributed by atoms with Gasteiger partial charge in [-0.25, -0.2) is 4.98 Å². The predicted octanol–water partition coefficient (Wildman–Crippen LogP) is 15.0. The van der Waals surface area contributed by atoms with E-state index >= 15 is 0 Å². The molecule has 0 saturated heterocycles. The number of fused-ring (bicyclic) bond motifs is 13. The van der Waals surface area contributed by atoms with E-state index in [1.54, 1.807) is 0 Å². The Balaban J connectivity index is 0.989. The lowest BCUT2D eigenvalue weighted by molar-refractivity contribution is 0.483. The summed E-state index contributed by atoms with van der Waals surface area (Å²) in [5.41, 5.74) is 7.68. The van der Waals surface area contributed by atoms with Crippen molar-refractivity contribution in [3.63, 3.8) is 0 Å². The topological polar surface area (TPSA) is 33.5 Å². The Morgan fingerprint density at radius 1 is 0.377 bits per heavy atom. The molecule has 0 radical (unpaired) electrons. The highest BCUT2D eigenvalue weighted by Crippen LogP contribution is 2.46. The van der Waals surface area contributed by atoms with Crippen molar-refractivity contribution in [1.29, 1.82) is 0 Å². The normalized spacial score (nSPS) is 12.8. The fourth-order valence-electron chi connectivity index (χ4n) is 9.86. The van der Waals surface area contributed by atoms with E-state index in [0.717, 1.165) is 56.0 Å². The van der Waals surface area contributed by atoms with Crippen molar-refractivity contribution >= 4 is 98.5 Å². The van der Waals surface area contributed by atoms with Crippen LogP contribution in [0.1, 0.15) is 0 Å². The van der Waals surface area contributed by atoms with Crippen molar-refractivity contribution in [2.75, 3.05) is 16.5 Å². The van der Waals surface area contributed by atoms with Crippen molar-refractivity contribution in [1.82, 2.24) is 9.55 Å². The van der Waals surface area contributed by atoms with E-state index < -0.39 is 0 Å². The Kier molecular flexibility index (Phi) is 7.30. The number of hydrogen-bond donors (Lipinski definition) is 0. The Labute approximate surface area is 351 Å². The lowest BCUT2D eigenvalue weighted by Gasteiger charge is -2.22.